The van der Waals surface area contributed by atoms with Crippen LogP contribution in [0.3, 0.4) is 0 Å². The quantitative estimate of drug-likeness (QED) is 0.884. The lowest BCUT2D eigenvalue weighted by atomic mass is 9.74. The van der Waals surface area contributed by atoms with E-state index in [1.165, 1.54) is 6.33 Å². The van der Waals surface area contributed by atoms with Crippen LogP contribution in [0.15, 0.2) is 6.33 Å². The molecule has 1 aromatic heterocycles. The number of hydrogen-bond acceptors (Lipinski definition) is 3. The molecule has 0 aliphatic carbocycles. The molecule has 1 aliphatic heterocycles. The number of aromatic nitrogens is 2. The van der Waals surface area contributed by atoms with Gasteiger partial charge in [-0.1, -0.05) is 26.7 Å². The van der Waals surface area contributed by atoms with E-state index in [-0.39, 0.29) is 17.3 Å². The van der Waals surface area contributed by atoms with Crippen LogP contribution in [-0.2, 0) is 0 Å². The Morgan fingerprint density at radius 3 is 2.45 bits per heavy atom. The predicted octanol–water partition coefficient (Wildman–Crippen LogP) is 2.15. The van der Waals surface area contributed by atoms with Gasteiger partial charge in [-0.3, -0.25) is 4.79 Å². The third-order valence-electron chi connectivity index (χ3n) is 4.67. The van der Waals surface area contributed by atoms with E-state index in [0.29, 0.717) is 18.5 Å². The van der Waals surface area contributed by atoms with Gasteiger partial charge in [-0.15, -0.1) is 0 Å². The van der Waals surface area contributed by atoms with Crippen molar-refractivity contribution in [3.8, 4) is 0 Å². The predicted molar refractivity (Wildman–Crippen MR) is 73.7 cm³/mol. The molecule has 2 heterocycles. The van der Waals surface area contributed by atoms with Crippen molar-refractivity contribution in [1.29, 1.82) is 0 Å². The number of carbonyl (C=O) groups excluding carboxylic acids is 1. The van der Waals surface area contributed by atoms with Gasteiger partial charge in [0.15, 0.2) is 11.4 Å². The molecule has 0 saturated carbocycles. The van der Waals surface area contributed by atoms with E-state index in [1.807, 2.05) is 0 Å². The fourth-order valence-corrected chi connectivity index (χ4v) is 2.91. The van der Waals surface area contributed by atoms with E-state index >= 15 is 0 Å². The minimum Gasteiger partial charge on any atom is -0.477 e. The summed E-state index contributed by atoms with van der Waals surface area (Å²) in [6.07, 6.45) is 5.43. The van der Waals surface area contributed by atoms with Gasteiger partial charge in [0.25, 0.3) is 5.91 Å². The Bertz CT molecular complexity index is 496. The molecule has 0 radical (unpaired) electrons. The van der Waals surface area contributed by atoms with Crippen LogP contribution in [0.1, 0.15) is 60.5 Å². The minimum absolute atomic E-state index is 0.0120. The molecule has 0 unspecified atom stereocenters. The van der Waals surface area contributed by atoms with Gasteiger partial charge >= 0.3 is 5.97 Å². The van der Waals surface area contributed by atoms with Crippen molar-refractivity contribution in [2.75, 3.05) is 13.1 Å². The van der Waals surface area contributed by atoms with Gasteiger partial charge in [-0.25, -0.2) is 9.78 Å². The second-order valence-corrected chi connectivity index (χ2v) is 5.43. The van der Waals surface area contributed by atoms with Gasteiger partial charge < -0.3 is 15.0 Å². The molecule has 2 N–H and O–H groups in total. The van der Waals surface area contributed by atoms with Crippen LogP contribution in [-0.4, -0.2) is 44.9 Å². The highest BCUT2D eigenvalue weighted by molar-refractivity contribution is 6.02. The standard InChI is InChI=1S/C14H21N3O3/c1-3-14(4-2)5-7-17(8-6-14)12(18)10-11(13(19)20)16-9-15-10/h9H,3-8H2,1-2H3,(H,15,16)(H,19,20). The zero-order valence-electron chi connectivity index (χ0n) is 12.0. The minimum atomic E-state index is -1.15. The van der Waals surface area contributed by atoms with E-state index < -0.39 is 5.97 Å². The van der Waals surface area contributed by atoms with Crippen molar-refractivity contribution in [3.63, 3.8) is 0 Å². The first kappa shape index (κ1) is 14.6. The van der Waals surface area contributed by atoms with Gasteiger partial charge in [-0.05, 0) is 18.3 Å². The van der Waals surface area contributed by atoms with Crippen LogP contribution >= 0.6 is 0 Å². The first-order chi connectivity index (χ1) is 9.53. The highest BCUT2D eigenvalue weighted by Gasteiger charge is 2.34. The van der Waals surface area contributed by atoms with Crippen molar-refractivity contribution >= 4 is 11.9 Å². The normalized spacial score (nSPS) is 18.0. The van der Waals surface area contributed by atoms with E-state index in [2.05, 4.69) is 23.8 Å². The molecule has 1 aliphatic rings. The average Bonchev–Trinajstić information content (AvgIpc) is 2.96. The summed E-state index contributed by atoms with van der Waals surface area (Å²) < 4.78 is 0. The fraction of sp³-hybridized carbons (Fsp3) is 0.643. The number of nitrogens with one attached hydrogen (secondary N) is 1. The molecule has 2 rings (SSSR count). The largest absolute Gasteiger partial charge is 0.477 e. The monoisotopic (exact) mass is 279 g/mol. The third kappa shape index (κ3) is 2.55. The lowest BCUT2D eigenvalue weighted by molar-refractivity contribution is 0.0541. The highest BCUT2D eigenvalue weighted by atomic mass is 16.4. The molecule has 0 spiro atoms. The Kier molecular flexibility index (Phi) is 4.11. The van der Waals surface area contributed by atoms with Gasteiger partial charge in [0.1, 0.15) is 0 Å². The van der Waals surface area contributed by atoms with Crippen LogP contribution < -0.4 is 0 Å². The number of amides is 1. The number of rotatable bonds is 4. The Hall–Kier alpha value is -1.85. The molecular weight excluding hydrogens is 258 g/mol. The molecule has 1 aromatic rings. The maximum atomic E-state index is 12.4. The van der Waals surface area contributed by atoms with Gasteiger partial charge in [0.2, 0.25) is 0 Å². The van der Waals surface area contributed by atoms with Crippen LogP contribution in [0.5, 0.6) is 0 Å². The van der Waals surface area contributed by atoms with E-state index in [9.17, 15) is 9.59 Å². The second kappa shape index (κ2) is 5.64. The summed E-state index contributed by atoms with van der Waals surface area (Å²) in [6.45, 7) is 5.73. The Labute approximate surface area is 118 Å². The molecule has 20 heavy (non-hydrogen) atoms. The van der Waals surface area contributed by atoms with Crippen LogP contribution in [0.4, 0.5) is 0 Å². The zero-order chi connectivity index (χ0) is 14.8. The lowest BCUT2D eigenvalue weighted by Gasteiger charge is -2.40. The third-order valence-corrected chi connectivity index (χ3v) is 4.67. The summed E-state index contributed by atoms with van der Waals surface area (Å²) in [6, 6.07) is 0. The van der Waals surface area contributed by atoms with Crippen molar-refractivity contribution in [2.45, 2.75) is 39.5 Å². The van der Waals surface area contributed by atoms with Crippen LogP contribution in [0.2, 0.25) is 0 Å². The van der Waals surface area contributed by atoms with Crippen molar-refractivity contribution < 1.29 is 14.7 Å². The van der Waals surface area contributed by atoms with Crippen LogP contribution in [0, 0.1) is 5.41 Å². The second-order valence-electron chi connectivity index (χ2n) is 5.43. The number of H-pyrrole nitrogens is 1. The molecule has 1 fully saturated rings. The molecule has 0 aromatic carbocycles. The molecule has 1 amide bonds. The van der Waals surface area contributed by atoms with Crippen molar-refractivity contribution in [3.05, 3.63) is 17.7 Å². The summed E-state index contributed by atoms with van der Waals surface area (Å²) in [5.41, 5.74) is 0.216. The first-order valence-corrected chi connectivity index (χ1v) is 7.09. The summed E-state index contributed by atoms with van der Waals surface area (Å²) >= 11 is 0. The molecule has 0 atom stereocenters. The van der Waals surface area contributed by atoms with Gasteiger partial charge in [0, 0.05) is 13.1 Å². The smallest absolute Gasteiger partial charge is 0.354 e. The lowest BCUT2D eigenvalue weighted by Crippen LogP contribution is -2.43. The first-order valence-electron chi connectivity index (χ1n) is 7.09. The maximum absolute atomic E-state index is 12.4. The molecule has 110 valence electrons. The number of imidazole rings is 1. The summed E-state index contributed by atoms with van der Waals surface area (Å²) in [5.74, 6) is -1.44. The number of hydrogen-bond donors (Lipinski definition) is 2. The fourth-order valence-electron chi connectivity index (χ4n) is 2.91. The average molecular weight is 279 g/mol. The summed E-state index contributed by atoms with van der Waals surface area (Å²) in [5, 5.41) is 9.02. The van der Waals surface area contributed by atoms with E-state index in [1.54, 1.807) is 4.90 Å². The number of carbonyl (C=O) groups is 2. The Morgan fingerprint density at radius 2 is 1.95 bits per heavy atom. The van der Waals surface area contributed by atoms with Crippen LogP contribution in [0.25, 0.3) is 0 Å². The molecule has 6 nitrogen and oxygen atoms in total. The number of nitrogens with zero attached hydrogens (tertiary/aromatic N) is 2. The highest BCUT2D eigenvalue weighted by Crippen LogP contribution is 2.38. The number of carboxylic acid groups (broad SMARTS) is 1. The topological polar surface area (TPSA) is 86.3 Å². The number of aromatic amines is 1. The Morgan fingerprint density at radius 1 is 1.35 bits per heavy atom. The summed E-state index contributed by atoms with van der Waals surface area (Å²) in [7, 11) is 0. The molecule has 0 bridgehead atoms. The maximum Gasteiger partial charge on any atom is 0.354 e. The molecular formula is C14H21N3O3. The SMILES string of the molecule is CCC1(CC)CCN(C(=O)c2nc[nH]c2C(=O)O)CC1. The van der Waals surface area contributed by atoms with Crippen molar-refractivity contribution in [1.82, 2.24) is 14.9 Å². The Balaban J connectivity index is 2.09. The van der Waals surface area contributed by atoms with Crippen molar-refractivity contribution in [2.24, 2.45) is 5.41 Å². The number of carboxylic acids is 1. The molecule has 1 saturated heterocycles. The summed E-state index contributed by atoms with van der Waals surface area (Å²) in [4.78, 5) is 31.5. The molecule has 6 heteroatoms. The number of aromatic carboxylic acids is 1. The van der Waals surface area contributed by atoms with E-state index in [0.717, 1.165) is 25.7 Å². The zero-order valence-corrected chi connectivity index (χ0v) is 12.0. The van der Waals surface area contributed by atoms with Gasteiger partial charge in [-0.2, -0.15) is 0 Å². The van der Waals surface area contributed by atoms with Gasteiger partial charge in [0.05, 0.1) is 6.33 Å². The number of likely N-dealkylation sites (tertiary alicyclic amines) is 1. The number of piperidine rings is 1. The van der Waals surface area contributed by atoms with E-state index in [4.69, 9.17) is 5.11 Å².